The van der Waals surface area contributed by atoms with Gasteiger partial charge < -0.3 is 10.2 Å². The Morgan fingerprint density at radius 2 is 1.83 bits per heavy atom. The van der Waals surface area contributed by atoms with Crippen molar-refractivity contribution in [2.45, 2.75) is 44.9 Å². The molecule has 3 atom stereocenters. The highest BCUT2D eigenvalue weighted by Gasteiger charge is 2.32. The van der Waals surface area contributed by atoms with Gasteiger partial charge in [-0.2, -0.15) is 4.31 Å². The molecule has 0 radical (unpaired) electrons. The van der Waals surface area contributed by atoms with Crippen molar-refractivity contribution in [3.05, 3.63) is 29.8 Å². The van der Waals surface area contributed by atoms with Crippen LogP contribution in [0.15, 0.2) is 29.2 Å². The number of carbonyl (C=O) groups excluding carboxylic acids is 1. The first kappa shape index (κ1) is 22.2. The Morgan fingerprint density at radius 3 is 2.48 bits per heavy atom. The summed E-state index contributed by atoms with van der Waals surface area (Å²) in [6.07, 6.45) is 3.56. The molecule has 1 aromatic rings. The molecule has 2 saturated heterocycles. The number of likely N-dealkylation sites (tertiary alicyclic amines) is 1. The summed E-state index contributed by atoms with van der Waals surface area (Å²) >= 11 is 0. The van der Waals surface area contributed by atoms with Crippen LogP contribution < -0.4 is 5.32 Å². The Labute approximate surface area is 175 Å². The minimum absolute atomic E-state index is 0.205. The number of hydrogen-bond donors (Lipinski definition) is 1. The highest BCUT2D eigenvalue weighted by molar-refractivity contribution is 7.89. The molecular formula is C22H35N3O3S. The van der Waals surface area contributed by atoms with Crippen LogP contribution in [0, 0.1) is 17.8 Å². The van der Waals surface area contributed by atoms with Crippen LogP contribution in [0.1, 0.15) is 50.4 Å². The second-order valence-corrected chi connectivity index (χ2v) is 11.1. The number of carbonyl (C=O) groups is 1. The molecule has 1 amide bonds. The standard InChI is InChI=1S/C22H35N3O3S/c1-17-11-18(2)16-25(15-17)29(27,28)21-8-6-7-20(12-21)22(26)23-13-19(3)14-24-9-4-5-10-24/h6-8,12,17-19H,4-5,9-11,13-16H2,1-3H3,(H,23,26). The SMILES string of the molecule is CC(CNC(=O)c1cccc(S(=O)(=O)N2CC(C)CC(C)C2)c1)CN1CCCC1. The molecule has 2 heterocycles. The number of sulfonamides is 1. The van der Waals surface area contributed by atoms with Gasteiger partial charge in [-0.15, -0.1) is 0 Å². The highest BCUT2D eigenvalue weighted by Crippen LogP contribution is 2.27. The van der Waals surface area contributed by atoms with E-state index < -0.39 is 10.0 Å². The van der Waals surface area contributed by atoms with Crippen molar-refractivity contribution < 1.29 is 13.2 Å². The molecule has 1 aromatic carbocycles. The van der Waals surface area contributed by atoms with Crippen LogP contribution >= 0.6 is 0 Å². The minimum atomic E-state index is -3.58. The zero-order chi connectivity index (χ0) is 21.0. The number of nitrogens with zero attached hydrogens (tertiary/aromatic N) is 2. The van der Waals surface area contributed by atoms with Crippen LogP contribution in [0.3, 0.4) is 0 Å². The fraction of sp³-hybridized carbons (Fsp3) is 0.682. The van der Waals surface area contributed by atoms with Gasteiger partial charge in [-0.3, -0.25) is 4.79 Å². The largest absolute Gasteiger partial charge is 0.352 e. The normalized spacial score (nSPS) is 25.1. The Hall–Kier alpha value is -1.44. The van der Waals surface area contributed by atoms with E-state index in [0.717, 1.165) is 26.1 Å². The molecule has 3 rings (SSSR count). The molecule has 29 heavy (non-hydrogen) atoms. The zero-order valence-corrected chi connectivity index (χ0v) is 18.7. The Bertz CT molecular complexity index is 795. The van der Waals surface area contributed by atoms with Gasteiger partial charge in [-0.1, -0.05) is 26.8 Å². The topological polar surface area (TPSA) is 69.7 Å². The number of nitrogens with one attached hydrogen (secondary N) is 1. The van der Waals surface area contributed by atoms with E-state index in [2.05, 4.69) is 31.0 Å². The number of benzene rings is 1. The van der Waals surface area contributed by atoms with Gasteiger partial charge in [-0.25, -0.2) is 8.42 Å². The predicted octanol–water partition coefficient (Wildman–Crippen LogP) is 2.81. The molecule has 0 aliphatic carbocycles. The Balaban J connectivity index is 1.62. The lowest BCUT2D eigenvalue weighted by Crippen LogP contribution is -2.42. The second kappa shape index (κ2) is 9.58. The minimum Gasteiger partial charge on any atom is -0.352 e. The van der Waals surface area contributed by atoms with Crippen molar-refractivity contribution in [3.8, 4) is 0 Å². The summed E-state index contributed by atoms with van der Waals surface area (Å²) in [6.45, 7) is 11.3. The summed E-state index contributed by atoms with van der Waals surface area (Å²) < 4.78 is 27.8. The second-order valence-electron chi connectivity index (χ2n) is 9.12. The molecule has 2 aliphatic heterocycles. The van der Waals surface area contributed by atoms with E-state index in [0.29, 0.717) is 43.0 Å². The van der Waals surface area contributed by atoms with E-state index in [1.165, 1.54) is 18.9 Å². The molecular weight excluding hydrogens is 386 g/mol. The van der Waals surface area contributed by atoms with Gasteiger partial charge in [0.15, 0.2) is 0 Å². The van der Waals surface area contributed by atoms with Gasteiger partial charge in [0.25, 0.3) is 5.91 Å². The van der Waals surface area contributed by atoms with Crippen molar-refractivity contribution in [3.63, 3.8) is 0 Å². The predicted molar refractivity (Wildman–Crippen MR) is 115 cm³/mol. The van der Waals surface area contributed by atoms with Gasteiger partial charge in [-0.05, 0) is 68.3 Å². The van der Waals surface area contributed by atoms with E-state index in [-0.39, 0.29) is 10.8 Å². The lowest BCUT2D eigenvalue weighted by atomic mass is 9.94. The van der Waals surface area contributed by atoms with E-state index in [1.54, 1.807) is 22.5 Å². The fourth-order valence-electron chi connectivity index (χ4n) is 4.59. The first-order valence-electron chi connectivity index (χ1n) is 10.9. The highest BCUT2D eigenvalue weighted by atomic mass is 32.2. The monoisotopic (exact) mass is 421 g/mol. The Morgan fingerprint density at radius 1 is 1.17 bits per heavy atom. The zero-order valence-electron chi connectivity index (χ0n) is 17.9. The summed E-state index contributed by atoms with van der Waals surface area (Å²) in [5.74, 6) is 0.838. The van der Waals surface area contributed by atoms with Crippen molar-refractivity contribution in [2.75, 3.05) is 39.3 Å². The quantitative estimate of drug-likeness (QED) is 0.735. The van der Waals surface area contributed by atoms with Gasteiger partial charge in [0.2, 0.25) is 10.0 Å². The maximum Gasteiger partial charge on any atom is 0.251 e. The third-order valence-corrected chi connectivity index (χ3v) is 7.78. The molecule has 0 bridgehead atoms. The van der Waals surface area contributed by atoms with Crippen molar-refractivity contribution in [1.29, 1.82) is 0 Å². The molecule has 3 unspecified atom stereocenters. The van der Waals surface area contributed by atoms with E-state index in [9.17, 15) is 13.2 Å². The molecule has 162 valence electrons. The molecule has 7 heteroatoms. The summed E-state index contributed by atoms with van der Waals surface area (Å²) in [6, 6.07) is 6.44. The summed E-state index contributed by atoms with van der Waals surface area (Å²) in [4.78, 5) is 15.3. The van der Waals surface area contributed by atoms with E-state index >= 15 is 0 Å². The van der Waals surface area contributed by atoms with Gasteiger partial charge in [0.05, 0.1) is 4.90 Å². The number of piperidine rings is 1. The van der Waals surface area contributed by atoms with Gasteiger partial charge in [0, 0.05) is 31.7 Å². The molecule has 0 aromatic heterocycles. The molecule has 0 saturated carbocycles. The van der Waals surface area contributed by atoms with Crippen LogP contribution in [0.4, 0.5) is 0 Å². The summed E-state index contributed by atoms with van der Waals surface area (Å²) in [7, 11) is -3.58. The average molecular weight is 422 g/mol. The van der Waals surface area contributed by atoms with Crippen LogP contribution in [0.5, 0.6) is 0 Å². The van der Waals surface area contributed by atoms with Crippen LogP contribution in [0.2, 0.25) is 0 Å². The number of amides is 1. The maximum atomic E-state index is 13.1. The van der Waals surface area contributed by atoms with Crippen LogP contribution in [0.25, 0.3) is 0 Å². The maximum absolute atomic E-state index is 13.1. The van der Waals surface area contributed by atoms with E-state index in [4.69, 9.17) is 0 Å². The first-order valence-corrected chi connectivity index (χ1v) is 12.3. The van der Waals surface area contributed by atoms with E-state index in [1.807, 2.05) is 0 Å². The first-order chi connectivity index (χ1) is 13.8. The van der Waals surface area contributed by atoms with Crippen molar-refractivity contribution >= 4 is 15.9 Å². The van der Waals surface area contributed by atoms with Gasteiger partial charge >= 0.3 is 0 Å². The van der Waals surface area contributed by atoms with Crippen LogP contribution in [-0.2, 0) is 10.0 Å². The fourth-order valence-corrected chi connectivity index (χ4v) is 6.31. The molecule has 2 aliphatic rings. The lowest BCUT2D eigenvalue weighted by molar-refractivity contribution is 0.0945. The number of hydrogen-bond acceptors (Lipinski definition) is 4. The molecule has 2 fully saturated rings. The third-order valence-electron chi connectivity index (χ3n) is 5.95. The Kier molecular flexibility index (Phi) is 7.35. The molecule has 1 N–H and O–H groups in total. The van der Waals surface area contributed by atoms with Crippen LogP contribution in [-0.4, -0.2) is 62.8 Å². The third kappa shape index (κ3) is 5.80. The van der Waals surface area contributed by atoms with Crippen molar-refractivity contribution in [1.82, 2.24) is 14.5 Å². The van der Waals surface area contributed by atoms with Crippen molar-refractivity contribution in [2.24, 2.45) is 17.8 Å². The summed E-state index contributed by atoms with van der Waals surface area (Å²) in [5.41, 5.74) is 0.401. The smallest absolute Gasteiger partial charge is 0.251 e. The number of rotatable bonds is 7. The molecule has 0 spiro atoms. The summed E-state index contributed by atoms with van der Waals surface area (Å²) in [5, 5.41) is 2.97. The van der Waals surface area contributed by atoms with Gasteiger partial charge in [0.1, 0.15) is 0 Å². The lowest BCUT2D eigenvalue weighted by Gasteiger charge is -2.34. The molecule has 6 nitrogen and oxygen atoms in total. The average Bonchev–Trinajstić information content (AvgIpc) is 3.18.